The van der Waals surface area contributed by atoms with E-state index < -0.39 is 5.72 Å². The molecule has 0 saturated carbocycles. The van der Waals surface area contributed by atoms with Gasteiger partial charge in [0, 0.05) is 25.1 Å². The number of likely N-dealkylation sites (tertiary alicyclic amines) is 1. The van der Waals surface area contributed by atoms with E-state index in [1.165, 1.54) is 0 Å². The standard InChI is InChI=1S/C23H24N2O4/c26-21(24-11-10-23-20(24)15-22(27)25(23)12-13-29-23)14-18-8-4-5-9-19(18)28-16-17-6-2-1-3-7-17/h1-9,20H,10-16H2/t20-,23+/m1/s1. The predicted molar refractivity (Wildman–Crippen MR) is 106 cm³/mol. The van der Waals surface area contributed by atoms with Crippen LogP contribution in [0.3, 0.4) is 0 Å². The van der Waals surface area contributed by atoms with Crippen LogP contribution in [0, 0.1) is 0 Å². The highest BCUT2D eigenvalue weighted by molar-refractivity contribution is 5.85. The summed E-state index contributed by atoms with van der Waals surface area (Å²) in [5.74, 6) is 0.837. The maximum Gasteiger partial charge on any atom is 0.227 e. The van der Waals surface area contributed by atoms with Crippen LogP contribution in [0.5, 0.6) is 5.75 Å². The van der Waals surface area contributed by atoms with Crippen LogP contribution in [0.4, 0.5) is 0 Å². The average Bonchev–Trinajstić information content (AvgIpc) is 3.39. The molecule has 6 nitrogen and oxygen atoms in total. The van der Waals surface area contributed by atoms with Crippen LogP contribution in [-0.4, -0.2) is 53.1 Å². The molecule has 6 heteroatoms. The Hall–Kier alpha value is -2.86. The molecule has 0 radical (unpaired) electrons. The monoisotopic (exact) mass is 392 g/mol. The van der Waals surface area contributed by atoms with Crippen LogP contribution in [0.1, 0.15) is 24.0 Å². The fraction of sp³-hybridized carbons (Fsp3) is 0.391. The first kappa shape index (κ1) is 18.2. The van der Waals surface area contributed by atoms with Crippen molar-refractivity contribution in [2.45, 2.75) is 37.6 Å². The molecule has 3 aliphatic rings. The average molecular weight is 392 g/mol. The van der Waals surface area contributed by atoms with Crippen molar-refractivity contribution >= 4 is 11.8 Å². The zero-order valence-corrected chi connectivity index (χ0v) is 16.3. The van der Waals surface area contributed by atoms with Crippen LogP contribution < -0.4 is 4.74 Å². The van der Waals surface area contributed by atoms with E-state index in [0.29, 0.717) is 39.1 Å². The van der Waals surface area contributed by atoms with Gasteiger partial charge >= 0.3 is 0 Å². The van der Waals surface area contributed by atoms with Gasteiger partial charge < -0.3 is 19.3 Å². The van der Waals surface area contributed by atoms with E-state index in [9.17, 15) is 9.59 Å². The van der Waals surface area contributed by atoms with Gasteiger partial charge in [-0.05, 0) is 11.6 Å². The number of nitrogens with zero attached hydrogens (tertiary/aromatic N) is 2. The summed E-state index contributed by atoms with van der Waals surface area (Å²) in [4.78, 5) is 29.2. The highest BCUT2D eigenvalue weighted by Crippen LogP contribution is 2.45. The quantitative estimate of drug-likeness (QED) is 0.784. The summed E-state index contributed by atoms with van der Waals surface area (Å²) in [5, 5.41) is 0. The normalized spacial score (nSPS) is 25.2. The van der Waals surface area contributed by atoms with Gasteiger partial charge in [-0.3, -0.25) is 9.59 Å². The first-order valence-corrected chi connectivity index (χ1v) is 10.2. The molecule has 5 rings (SSSR count). The number of benzene rings is 2. The molecule has 0 aliphatic carbocycles. The molecule has 150 valence electrons. The van der Waals surface area contributed by atoms with Gasteiger partial charge in [0.1, 0.15) is 12.4 Å². The summed E-state index contributed by atoms with van der Waals surface area (Å²) in [6, 6.07) is 17.5. The molecule has 2 atom stereocenters. The largest absolute Gasteiger partial charge is 0.489 e. The van der Waals surface area contributed by atoms with E-state index in [2.05, 4.69) is 0 Å². The first-order chi connectivity index (χ1) is 14.2. The smallest absolute Gasteiger partial charge is 0.227 e. The lowest BCUT2D eigenvalue weighted by molar-refractivity contribution is -0.139. The van der Waals surface area contributed by atoms with Crippen LogP contribution in [0.15, 0.2) is 54.6 Å². The predicted octanol–water partition coefficient (Wildman–Crippen LogP) is 2.37. The minimum atomic E-state index is -0.587. The van der Waals surface area contributed by atoms with Crippen molar-refractivity contribution in [3.63, 3.8) is 0 Å². The number of para-hydroxylation sites is 1. The zero-order valence-electron chi connectivity index (χ0n) is 16.3. The number of rotatable bonds is 5. The highest BCUT2D eigenvalue weighted by Gasteiger charge is 2.62. The summed E-state index contributed by atoms with van der Waals surface area (Å²) in [7, 11) is 0. The minimum absolute atomic E-state index is 0.0211. The number of hydrogen-bond donors (Lipinski definition) is 0. The minimum Gasteiger partial charge on any atom is -0.489 e. The SMILES string of the molecule is O=C(Cc1ccccc1OCc1ccccc1)N1CC[C@@]23OCCN2C(=O)C[C@@H]13. The lowest BCUT2D eigenvalue weighted by Crippen LogP contribution is -2.49. The van der Waals surface area contributed by atoms with E-state index in [1.807, 2.05) is 64.4 Å². The van der Waals surface area contributed by atoms with Crippen molar-refractivity contribution < 1.29 is 19.1 Å². The van der Waals surface area contributed by atoms with Crippen LogP contribution in [0.25, 0.3) is 0 Å². The molecular formula is C23H24N2O4. The first-order valence-electron chi connectivity index (χ1n) is 10.2. The Bertz CT molecular complexity index is 931. The van der Waals surface area contributed by atoms with Gasteiger partial charge in [-0.15, -0.1) is 0 Å². The number of carbonyl (C=O) groups is 2. The molecule has 0 unspecified atom stereocenters. The topological polar surface area (TPSA) is 59.1 Å². The number of amides is 2. The van der Waals surface area contributed by atoms with Gasteiger partial charge in [0.2, 0.25) is 11.8 Å². The second kappa shape index (κ2) is 7.19. The highest BCUT2D eigenvalue weighted by atomic mass is 16.5. The molecule has 3 saturated heterocycles. The second-order valence-electron chi connectivity index (χ2n) is 7.85. The summed E-state index contributed by atoms with van der Waals surface area (Å²) in [5.41, 5.74) is 1.36. The summed E-state index contributed by atoms with van der Waals surface area (Å²) in [6.45, 7) is 2.27. The van der Waals surface area contributed by atoms with Gasteiger partial charge in [-0.25, -0.2) is 0 Å². The molecule has 3 aliphatic heterocycles. The van der Waals surface area contributed by atoms with Crippen molar-refractivity contribution in [1.82, 2.24) is 9.80 Å². The van der Waals surface area contributed by atoms with Crippen molar-refractivity contribution in [2.75, 3.05) is 19.7 Å². The Morgan fingerprint density at radius 1 is 1.10 bits per heavy atom. The van der Waals surface area contributed by atoms with E-state index in [-0.39, 0.29) is 24.3 Å². The zero-order chi connectivity index (χ0) is 19.8. The van der Waals surface area contributed by atoms with Gasteiger partial charge in [0.25, 0.3) is 0 Å². The summed E-state index contributed by atoms with van der Waals surface area (Å²) >= 11 is 0. The van der Waals surface area contributed by atoms with Gasteiger partial charge in [0.05, 0.1) is 25.5 Å². The second-order valence-corrected chi connectivity index (χ2v) is 7.85. The van der Waals surface area contributed by atoms with Crippen LogP contribution in [0.2, 0.25) is 0 Å². The van der Waals surface area contributed by atoms with Gasteiger partial charge in [-0.2, -0.15) is 0 Å². The summed E-state index contributed by atoms with van der Waals surface area (Å²) in [6.07, 6.45) is 1.31. The third-order valence-corrected chi connectivity index (χ3v) is 6.27. The van der Waals surface area contributed by atoms with Crippen molar-refractivity contribution in [1.29, 1.82) is 0 Å². The maximum absolute atomic E-state index is 13.2. The Morgan fingerprint density at radius 2 is 1.90 bits per heavy atom. The fourth-order valence-corrected chi connectivity index (χ4v) is 4.88. The van der Waals surface area contributed by atoms with Gasteiger partial charge in [0.15, 0.2) is 5.72 Å². The molecular weight excluding hydrogens is 368 g/mol. The van der Waals surface area contributed by atoms with Gasteiger partial charge in [-0.1, -0.05) is 48.5 Å². The van der Waals surface area contributed by atoms with Crippen LogP contribution >= 0.6 is 0 Å². The summed E-state index contributed by atoms with van der Waals surface area (Å²) < 4.78 is 12.0. The molecule has 0 N–H and O–H groups in total. The molecule has 3 heterocycles. The Balaban J connectivity index is 1.30. The fourth-order valence-electron chi connectivity index (χ4n) is 4.88. The van der Waals surface area contributed by atoms with Crippen molar-refractivity contribution in [3.8, 4) is 5.75 Å². The molecule has 2 aromatic carbocycles. The molecule has 0 bridgehead atoms. The molecule has 29 heavy (non-hydrogen) atoms. The number of carbonyl (C=O) groups excluding carboxylic acids is 2. The van der Waals surface area contributed by atoms with E-state index >= 15 is 0 Å². The molecule has 0 aromatic heterocycles. The Kier molecular flexibility index (Phi) is 4.51. The van der Waals surface area contributed by atoms with Crippen molar-refractivity contribution in [2.24, 2.45) is 0 Å². The maximum atomic E-state index is 13.2. The van der Waals surface area contributed by atoms with E-state index in [0.717, 1.165) is 16.9 Å². The van der Waals surface area contributed by atoms with E-state index in [4.69, 9.17) is 9.47 Å². The number of hydrogen-bond acceptors (Lipinski definition) is 4. The third kappa shape index (κ3) is 3.08. The molecule has 2 amide bonds. The Morgan fingerprint density at radius 3 is 2.76 bits per heavy atom. The van der Waals surface area contributed by atoms with Crippen molar-refractivity contribution in [3.05, 3.63) is 65.7 Å². The lowest BCUT2D eigenvalue weighted by Gasteiger charge is -2.31. The molecule has 2 aromatic rings. The lowest BCUT2D eigenvalue weighted by atomic mass is 10.1. The third-order valence-electron chi connectivity index (χ3n) is 6.27. The Labute approximate surface area is 170 Å². The molecule has 3 fully saturated rings. The van der Waals surface area contributed by atoms with E-state index in [1.54, 1.807) is 0 Å². The van der Waals surface area contributed by atoms with Crippen LogP contribution in [-0.2, 0) is 27.4 Å². The number of ether oxygens (including phenoxy) is 2. The molecule has 1 spiro atoms.